The second-order valence-electron chi connectivity index (χ2n) is 5.42. The molecule has 0 aromatic heterocycles. The fraction of sp³-hybridized carbons (Fsp3) is 0.857. The molecule has 1 unspecified atom stereocenters. The quantitative estimate of drug-likeness (QED) is 0.500. The van der Waals surface area contributed by atoms with Crippen LogP contribution in [-0.2, 0) is 0 Å². The van der Waals surface area contributed by atoms with E-state index >= 15 is 0 Å². The van der Waals surface area contributed by atoms with Crippen LogP contribution in [0.25, 0.3) is 0 Å². The highest BCUT2D eigenvalue weighted by atomic mass is 14.2. The van der Waals surface area contributed by atoms with Crippen LogP contribution in [0, 0.1) is 17.3 Å². The van der Waals surface area contributed by atoms with E-state index < -0.39 is 0 Å². The lowest BCUT2D eigenvalue weighted by molar-refractivity contribution is 0.287. The minimum absolute atomic E-state index is 0.311. The van der Waals surface area contributed by atoms with E-state index in [1.807, 2.05) is 0 Å². The van der Waals surface area contributed by atoms with Crippen molar-refractivity contribution in [1.82, 2.24) is 0 Å². The Labute approximate surface area is 90.8 Å². The molecule has 0 heterocycles. The zero-order chi connectivity index (χ0) is 11.2. The van der Waals surface area contributed by atoms with Gasteiger partial charge in [-0.05, 0) is 30.1 Å². The molecule has 0 saturated heterocycles. The van der Waals surface area contributed by atoms with Gasteiger partial charge in [-0.2, -0.15) is 0 Å². The number of hydrogen-bond acceptors (Lipinski definition) is 0. The Hall–Kier alpha value is -0.260. The number of rotatable bonds is 7. The van der Waals surface area contributed by atoms with Crippen molar-refractivity contribution >= 4 is 0 Å². The molecule has 14 heavy (non-hydrogen) atoms. The van der Waals surface area contributed by atoms with Crippen LogP contribution in [0.2, 0.25) is 0 Å². The molecule has 84 valence electrons. The van der Waals surface area contributed by atoms with Crippen molar-refractivity contribution in [2.45, 2.75) is 60.3 Å². The number of allylic oxidation sites excluding steroid dienone is 1. The van der Waals surface area contributed by atoms with Gasteiger partial charge in [-0.25, -0.2) is 0 Å². The summed E-state index contributed by atoms with van der Waals surface area (Å²) in [7, 11) is 0. The first-order valence-corrected chi connectivity index (χ1v) is 6.08. The molecule has 0 N–H and O–H groups in total. The monoisotopic (exact) mass is 196 g/mol. The van der Waals surface area contributed by atoms with Gasteiger partial charge >= 0.3 is 0 Å². The molecule has 0 saturated carbocycles. The third-order valence-corrected chi connectivity index (χ3v) is 3.32. The van der Waals surface area contributed by atoms with Crippen molar-refractivity contribution in [3.8, 4) is 0 Å². The molecule has 0 aliphatic rings. The molecule has 0 aromatic carbocycles. The van der Waals surface area contributed by atoms with Crippen LogP contribution in [0.5, 0.6) is 0 Å². The van der Waals surface area contributed by atoms with Gasteiger partial charge < -0.3 is 0 Å². The van der Waals surface area contributed by atoms with E-state index in [4.69, 9.17) is 0 Å². The van der Waals surface area contributed by atoms with Crippen LogP contribution in [-0.4, -0.2) is 0 Å². The zero-order valence-corrected chi connectivity index (χ0v) is 10.8. The molecule has 0 aliphatic carbocycles. The molecule has 0 bridgehead atoms. The normalized spacial score (nSPS) is 14.4. The smallest absolute Gasteiger partial charge is 0.0175 e. The Bertz CT molecular complexity index is 151. The molecule has 0 spiro atoms. The summed E-state index contributed by atoms with van der Waals surface area (Å²) in [5.41, 5.74) is 0.311. The van der Waals surface area contributed by atoms with E-state index in [0.717, 1.165) is 11.8 Å². The predicted molar refractivity (Wildman–Crippen MR) is 66.4 cm³/mol. The fourth-order valence-electron chi connectivity index (χ4n) is 2.26. The van der Waals surface area contributed by atoms with E-state index in [1.54, 1.807) is 0 Å². The lowest BCUT2D eigenvalue weighted by Crippen LogP contribution is -2.14. The molecule has 0 radical (unpaired) electrons. The first kappa shape index (κ1) is 13.7. The molecule has 0 nitrogen and oxygen atoms in total. The lowest BCUT2D eigenvalue weighted by atomic mass is 9.79. The van der Waals surface area contributed by atoms with Gasteiger partial charge in [-0.3, -0.25) is 0 Å². The standard InChI is InChI=1S/C14H28/c1-7-13(8-2)10-12(4)11-14(5,6)9-3/h9,12-13H,3,7-8,10-11H2,1-2,4-6H3. The Balaban J connectivity index is 3.96. The molecular weight excluding hydrogens is 168 g/mol. The summed E-state index contributed by atoms with van der Waals surface area (Å²) in [6, 6.07) is 0. The van der Waals surface area contributed by atoms with Crippen molar-refractivity contribution in [2.75, 3.05) is 0 Å². The van der Waals surface area contributed by atoms with Gasteiger partial charge in [0.05, 0.1) is 0 Å². The van der Waals surface area contributed by atoms with Crippen molar-refractivity contribution in [2.24, 2.45) is 17.3 Å². The van der Waals surface area contributed by atoms with Crippen LogP contribution >= 0.6 is 0 Å². The molecule has 0 fully saturated rings. The second kappa shape index (κ2) is 6.27. The van der Waals surface area contributed by atoms with Gasteiger partial charge in [0.1, 0.15) is 0 Å². The SMILES string of the molecule is C=CC(C)(C)CC(C)CC(CC)CC. The third kappa shape index (κ3) is 5.47. The largest absolute Gasteiger partial charge is 0.103 e. The van der Waals surface area contributed by atoms with Crippen LogP contribution in [0.3, 0.4) is 0 Å². The summed E-state index contributed by atoms with van der Waals surface area (Å²) in [4.78, 5) is 0. The summed E-state index contributed by atoms with van der Waals surface area (Å²) in [6.07, 6.45) is 7.40. The maximum Gasteiger partial charge on any atom is -0.0175 e. The molecule has 0 aliphatic heterocycles. The van der Waals surface area contributed by atoms with Crippen molar-refractivity contribution in [1.29, 1.82) is 0 Å². The molecular formula is C14H28. The van der Waals surface area contributed by atoms with Gasteiger partial charge in [-0.15, -0.1) is 6.58 Å². The van der Waals surface area contributed by atoms with Gasteiger partial charge in [0.2, 0.25) is 0 Å². The first-order chi connectivity index (χ1) is 6.45. The molecule has 0 heteroatoms. The van der Waals surface area contributed by atoms with Crippen molar-refractivity contribution < 1.29 is 0 Å². The van der Waals surface area contributed by atoms with Gasteiger partial charge in [0.15, 0.2) is 0 Å². The minimum atomic E-state index is 0.311. The van der Waals surface area contributed by atoms with Crippen molar-refractivity contribution in [3.05, 3.63) is 12.7 Å². The summed E-state index contributed by atoms with van der Waals surface area (Å²) < 4.78 is 0. The minimum Gasteiger partial charge on any atom is -0.103 e. The van der Waals surface area contributed by atoms with Crippen molar-refractivity contribution in [3.63, 3.8) is 0 Å². The maximum atomic E-state index is 3.90. The van der Waals surface area contributed by atoms with Crippen LogP contribution in [0.15, 0.2) is 12.7 Å². The third-order valence-electron chi connectivity index (χ3n) is 3.32. The summed E-state index contributed by atoms with van der Waals surface area (Å²) >= 11 is 0. The van der Waals surface area contributed by atoms with E-state index in [2.05, 4.69) is 47.3 Å². The highest BCUT2D eigenvalue weighted by Crippen LogP contribution is 2.30. The Kier molecular flexibility index (Phi) is 6.15. The van der Waals surface area contributed by atoms with E-state index in [0.29, 0.717) is 5.41 Å². The predicted octanol–water partition coefficient (Wildman–Crippen LogP) is 5.05. The highest BCUT2D eigenvalue weighted by molar-refractivity contribution is 4.88. The van der Waals surface area contributed by atoms with Gasteiger partial charge in [-0.1, -0.05) is 53.5 Å². The zero-order valence-electron chi connectivity index (χ0n) is 10.8. The second-order valence-corrected chi connectivity index (χ2v) is 5.42. The van der Waals surface area contributed by atoms with E-state index in [9.17, 15) is 0 Å². The van der Waals surface area contributed by atoms with Gasteiger partial charge in [0, 0.05) is 0 Å². The number of hydrogen-bond donors (Lipinski definition) is 0. The Morgan fingerprint density at radius 1 is 1.21 bits per heavy atom. The Morgan fingerprint density at radius 3 is 2.07 bits per heavy atom. The van der Waals surface area contributed by atoms with Gasteiger partial charge in [0.25, 0.3) is 0 Å². The average Bonchev–Trinajstić information content (AvgIpc) is 2.13. The molecule has 0 aromatic rings. The van der Waals surface area contributed by atoms with Crippen LogP contribution in [0.1, 0.15) is 60.3 Å². The average molecular weight is 196 g/mol. The summed E-state index contributed by atoms with van der Waals surface area (Å²) in [5.74, 6) is 1.75. The molecule has 0 rings (SSSR count). The first-order valence-electron chi connectivity index (χ1n) is 6.08. The molecule has 0 amide bonds. The molecule has 1 atom stereocenters. The topological polar surface area (TPSA) is 0 Å². The lowest BCUT2D eigenvalue weighted by Gasteiger charge is -2.26. The van der Waals surface area contributed by atoms with E-state index in [-0.39, 0.29) is 0 Å². The maximum absolute atomic E-state index is 3.90. The van der Waals surface area contributed by atoms with Crippen LogP contribution in [0.4, 0.5) is 0 Å². The fourth-order valence-corrected chi connectivity index (χ4v) is 2.26. The summed E-state index contributed by atoms with van der Waals surface area (Å²) in [6.45, 7) is 15.5. The van der Waals surface area contributed by atoms with Crippen LogP contribution < -0.4 is 0 Å². The van der Waals surface area contributed by atoms with E-state index in [1.165, 1.54) is 25.7 Å². The highest BCUT2D eigenvalue weighted by Gasteiger charge is 2.19. The Morgan fingerprint density at radius 2 is 1.71 bits per heavy atom. The summed E-state index contributed by atoms with van der Waals surface area (Å²) in [5, 5.41) is 0.